The molecule has 2 N–H and O–H groups in total. The SMILES string of the molecule is CC1CC(N)CC1(C)C. The van der Waals surface area contributed by atoms with E-state index in [9.17, 15) is 0 Å². The molecule has 0 saturated heterocycles. The molecule has 1 saturated carbocycles. The average Bonchev–Trinajstić information content (AvgIpc) is 1.79. The maximum Gasteiger partial charge on any atom is 0.00467 e. The van der Waals surface area contributed by atoms with Crippen LogP contribution in [0.3, 0.4) is 0 Å². The summed E-state index contributed by atoms with van der Waals surface area (Å²) < 4.78 is 0. The van der Waals surface area contributed by atoms with Crippen LogP contribution in [0.4, 0.5) is 0 Å². The van der Waals surface area contributed by atoms with Gasteiger partial charge in [-0.05, 0) is 24.2 Å². The average molecular weight is 127 g/mol. The van der Waals surface area contributed by atoms with Crippen molar-refractivity contribution in [3.8, 4) is 0 Å². The summed E-state index contributed by atoms with van der Waals surface area (Å²) in [5.41, 5.74) is 6.30. The highest BCUT2D eigenvalue weighted by atomic mass is 14.7. The van der Waals surface area contributed by atoms with Crippen LogP contribution in [0.15, 0.2) is 0 Å². The maximum absolute atomic E-state index is 5.80. The lowest BCUT2D eigenvalue weighted by molar-refractivity contribution is 0.280. The predicted octanol–water partition coefficient (Wildman–Crippen LogP) is 1.77. The van der Waals surface area contributed by atoms with Crippen LogP contribution in [0, 0.1) is 11.3 Å². The van der Waals surface area contributed by atoms with E-state index in [-0.39, 0.29) is 0 Å². The van der Waals surface area contributed by atoms with E-state index in [0.29, 0.717) is 11.5 Å². The van der Waals surface area contributed by atoms with Crippen LogP contribution in [0.5, 0.6) is 0 Å². The number of hydrogen-bond donors (Lipinski definition) is 1. The fraction of sp³-hybridized carbons (Fsp3) is 1.00. The normalized spacial score (nSPS) is 41.3. The second-order valence-corrected chi connectivity index (χ2v) is 4.09. The Morgan fingerprint density at radius 1 is 1.44 bits per heavy atom. The fourth-order valence-electron chi connectivity index (χ4n) is 1.73. The molecule has 0 bridgehead atoms. The van der Waals surface area contributed by atoms with Crippen molar-refractivity contribution >= 4 is 0 Å². The zero-order valence-corrected chi connectivity index (χ0v) is 6.65. The number of hydrogen-bond acceptors (Lipinski definition) is 1. The Morgan fingerprint density at radius 3 is 2.11 bits per heavy atom. The van der Waals surface area contributed by atoms with E-state index < -0.39 is 0 Å². The molecule has 0 aliphatic heterocycles. The Bertz CT molecular complexity index is 107. The van der Waals surface area contributed by atoms with Crippen LogP contribution in [-0.2, 0) is 0 Å². The third kappa shape index (κ3) is 1.26. The number of nitrogens with two attached hydrogens (primary N) is 1. The molecule has 2 atom stereocenters. The van der Waals surface area contributed by atoms with Gasteiger partial charge in [-0.15, -0.1) is 0 Å². The summed E-state index contributed by atoms with van der Waals surface area (Å²) in [6.07, 6.45) is 2.42. The van der Waals surface area contributed by atoms with Gasteiger partial charge in [0.05, 0.1) is 0 Å². The lowest BCUT2D eigenvalue weighted by Gasteiger charge is -2.22. The van der Waals surface area contributed by atoms with E-state index in [4.69, 9.17) is 5.73 Å². The summed E-state index contributed by atoms with van der Waals surface area (Å²) >= 11 is 0. The third-order valence-corrected chi connectivity index (χ3v) is 2.78. The van der Waals surface area contributed by atoms with Crippen LogP contribution in [0.2, 0.25) is 0 Å². The van der Waals surface area contributed by atoms with Crippen molar-refractivity contribution in [3.05, 3.63) is 0 Å². The van der Waals surface area contributed by atoms with Crippen LogP contribution >= 0.6 is 0 Å². The molecule has 0 amide bonds. The van der Waals surface area contributed by atoms with E-state index in [0.717, 1.165) is 5.92 Å². The van der Waals surface area contributed by atoms with E-state index in [1.807, 2.05) is 0 Å². The molecule has 2 unspecified atom stereocenters. The van der Waals surface area contributed by atoms with E-state index in [1.165, 1.54) is 12.8 Å². The summed E-state index contributed by atoms with van der Waals surface area (Å²) in [4.78, 5) is 0. The first-order chi connectivity index (χ1) is 4.02. The van der Waals surface area contributed by atoms with Crippen molar-refractivity contribution in [2.24, 2.45) is 17.1 Å². The molecule has 0 aromatic rings. The molecule has 0 aromatic heterocycles. The van der Waals surface area contributed by atoms with Gasteiger partial charge in [-0.2, -0.15) is 0 Å². The van der Waals surface area contributed by atoms with Crippen LogP contribution < -0.4 is 5.73 Å². The maximum atomic E-state index is 5.80. The zero-order valence-electron chi connectivity index (χ0n) is 6.65. The molecule has 1 fully saturated rings. The standard InChI is InChI=1S/C8H17N/c1-6-4-7(9)5-8(6,2)3/h6-7H,4-5,9H2,1-3H3. The second-order valence-electron chi connectivity index (χ2n) is 4.09. The molecule has 0 spiro atoms. The minimum Gasteiger partial charge on any atom is -0.328 e. The van der Waals surface area contributed by atoms with E-state index in [1.54, 1.807) is 0 Å². The largest absolute Gasteiger partial charge is 0.328 e. The van der Waals surface area contributed by atoms with Crippen LogP contribution in [-0.4, -0.2) is 6.04 Å². The molecule has 0 heterocycles. The minimum atomic E-state index is 0.468. The van der Waals surface area contributed by atoms with Crippen molar-refractivity contribution in [1.29, 1.82) is 0 Å². The second kappa shape index (κ2) is 1.98. The van der Waals surface area contributed by atoms with Crippen molar-refractivity contribution in [1.82, 2.24) is 0 Å². The summed E-state index contributed by atoms with van der Waals surface area (Å²) in [5.74, 6) is 0.812. The van der Waals surface area contributed by atoms with E-state index >= 15 is 0 Å². The highest BCUT2D eigenvalue weighted by molar-refractivity contribution is 4.89. The number of rotatable bonds is 0. The first kappa shape index (κ1) is 7.07. The van der Waals surface area contributed by atoms with Gasteiger partial charge in [0.2, 0.25) is 0 Å². The minimum absolute atomic E-state index is 0.468. The molecule has 1 nitrogen and oxygen atoms in total. The van der Waals surface area contributed by atoms with Gasteiger partial charge in [0.1, 0.15) is 0 Å². The van der Waals surface area contributed by atoms with Gasteiger partial charge in [-0.3, -0.25) is 0 Å². The molecule has 9 heavy (non-hydrogen) atoms. The van der Waals surface area contributed by atoms with Crippen molar-refractivity contribution < 1.29 is 0 Å². The Hall–Kier alpha value is -0.0400. The molecule has 54 valence electrons. The molecular formula is C8H17N. The van der Waals surface area contributed by atoms with Gasteiger partial charge in [-0.25, -0.2) is 0 Å². The van der Waals surface area contributed by atoms with Crippen molar-refractivity contribution in [2.75, 3.05) is 0 Å². The Balaban J connectivity index is 2.58. The molecule has 1 aliphatic carbocycles. The summed E-state index contributed by atoms with van der Waals surface area (Å²) in [6.45, 7) is 6.92. The monoisotopic (exact) mass is 127 g/mol. The van der Waals surface area contributed by atoms with Crippen LogP contribution in [0.25, 0.3) is 0 Å². The van der Waals surface area contributed by atoms with Gasteiger partial charge >= 0.3 is 0 Å². The summed E-state index contributed by atoms with van der Waals surface area (Å²) in [7, 11) is 0. The Kier molecular flexibility index (Phi) is 1.55. The lowest BCUT2D eigenvalue weighted by atomic mass is 9.83. The molecule has 0 radical (unpaired) electrons. The van der Waals surface area contributed by atoms with Crippen molar-refractivity contribution in [3.63, 3.8) is 0 Å². The third-order valence-electron chi connectivity index (χ3n) is 2.78. The van der Waals surface area contributed by atoms with Gasteiger partial charge in [0.15, 0.2) is 0 Å². The first-order valence-corrected chi connectivity index (χ1v) is 3.78. The molecule has 0 aromatic carbocycles. The fourth-order valence-corrected chi connectivity index (χ4v) is 1.73. The molecule has 1 rings (SSSR count). The van der Waals surface area contributed by atoms with Gasteiger partial charge in [0, 0.05) is 6.04 Å². The molecule has 1 aliphatic rings. The molecule has 1 heteroatoms. The smallest absolute Gasteiger partial charge is 0.00467 e. The Morgan fingerprint density at radius 2 is 2.00 bits per heavy atom. The van der Waals surface area contributed by atoms with Crippen LogP contribution in [0.1, 0.15) is 33.6 Å². The van der Waals surface area contributed by atoms with E-state index in [2.05, 4.69) is 20.8 Å². The first-order valence-electron chi connectivity index (χ1n) is 3.78. The van der Waals surface area contributed by atoms with Gasteiger partial charge in [0.25, 0.3) is 0 Å². The molecular weight excluding hydrogens is 110 g/mol. The topological polar surface area (TPSA) is 26.0 Å². The predicted molar refractivity (Wildman–Crippen MR) is 40.2 cm³/mol. The Labute approximate surface area is 57.6 Å². The summed E-state index contributed by atoms with van der Waals surface area (Å²) in [6, 6.07) is 0.468. The highest BCUT2D eigenvalue weighted by Crippen LogP contribution is 2.41. The zero-order chi connectivity index (χ0) is 7.07. The summed E-state index contributed by atoms with van der Waals surface area (Å²) in [5, 5.41) is 0. The van der Waals surface area contributed by atoms with Gasteiger partial charge < -0.3 is 5.73 Å². The van der Waals surface area contributed by atoms with Crippen molar-refractivity contribution in [2.45, 2.75) is 39.7 Å². The highest BCUT2D eigenvalue weighted by Gasteiger charge is 2.35. The quantitative estimate of drug-likeness (QED) is 0.527. The van der Waals surface area contributed by atoms with Gasteiger partial charge in [-0.1, -0.05) is 20.8 Å². The lowest BCUT2D eigenvalue weighted by Crippen LogP contribution is -2.17.